The zero-order valence-corrected chi connectivity index (χ0v) is 7.09. The molecule has 0 fully saturated rings. The first-order valence-corrected chi connectivity index (χ1v) is 0. The predicted octanol–water partition coefficient (Wildman–Crippen LogP) is 1.26. The van der Waals surface area contributed by atoms with E-state index in [-0.39, 0.29) is 69.9 Å². The summed E-state index contributed by atoms with van der Waals surface area (Å²) in [6.45, 7) is 0. The van der Waals surface area contributed by atoms with Crippen molar-refractivity contribution in [2.75, 3.05) is 0 Å². The third-order valence-electron chi connectivity index (χ3n) is 0. The Hall–Kier alpha value is 1.97. The maximum Gasteiger partial charge on any atom is 0 e. The second-order valence-electron chi connectivity index (χ2n) is 0. The van der Waals surface area contributed by atoms with Crippen molar-refractivity contribution >= 4 is 37.2 Å². The van der Waals surface area contributed by atoms with Crippen molar-refractivity contribution in [2.45, 2.75) is 0 Å². The summed E-state index contributed by atoms with van der Waals surface area (Å²) in [6.07, 6.45) is 0. The van der Waals surface area contributed by atoms with Crippen molar-refractivity contribution in [2.24, 2.45) is 0 Å². The summed E-state index contributed by atoms with van der Waals surface area (Å²) in [7, 11) is 0. The number of hydrogen-bond acceptors (Lipinski definition) is 0. The molecule has 0 atom stereocenters. The minimum absolute atomic E-state index is 0. The van der Waals surface area contributed by atoms with Crippen LogP contribution in [0.1, 0.15) is 0 Å². The maximum absolute atomic E-state index is 0. The fourth-order valence-corrected chi connectivity index (χ4v) is 0. The Morgan fingerprint density at radius 2 is 0.500 bits per heavy atom. The third-order valence-corrected chi connectivity index (χ3v) is 0. The minimum atomic E-state index is 0. The Bertz CT molecular complexity index is 3.25. The minimum Gasteiger partial charge on any atom is -0.147 e. The quantitative estimate of drug-likeness (QED) is 0.551. The molecule has 0 unspecified atom stereocenters. The summed E-state index contributed by atoms with van der Waals surface area (Å²) >= 11 is 0. The fraction of sp³-hybridized carbons (Fsp3) is 0. The van der Waals surface area contributed by atoms with Crippen molar-refractivity contribution in [3.05, 3.63) is 0 Å². The summed E-state index contributed by atoms with van der Waals surface area (Å²) in [6, 6.07) is 0. The van der Waals surface area contributed by atoms with Crippen molar-refractivity contribution in [1.29, 1.82) is 0 Å². The Morgan fingerprint density at radius 1 is 0.500 bits per heavy atom. The molecule has 0 heterocycles. The van der Waals surface area contributed by atoms with E-state index < -0.39 is 0 Å². The first kappa shape index (κ1) is 37.9. The molecule has 0 aromatic rings. The largest absolute Gasteiger partial charge is 0.147 e. The number of halogens is 3. The molecule has 0 nitrogen and oxygen atoms in total. The molecule has 0 aliphatic heterocycles. The fourth-order valence-electron chi connectivity index (χ4n) is 0. The van der Waals surface area contributed by atoms with Gasteiger partial charge >= 0.3 is 0 Å². The summed E-state index contributed by atoms with van der Waals surface area (Å²) < 4.78 is 0. The monoisotopic (exact) mass is 198 g/mol. The summed E-state index contributed by atoms with van der Waals surface area (Å²) in [5.41, 5.74) is 0. The molecule has 1 radical (unpaired) electrons. The predicted molar refractivity (Wildman–Crippen MR) is 21.7 cm³/mol. The molecule has 0 aromatic carbocycles. The van der Waals surface area contributed by atoms with Crippen LogP contribution in [0.5, 0.6) is 0 Å². The van der Waals surface area contributed by atoms with Crippen molar-refractivity contribution in [1.82, 2.24) is 0 Å². The van der Waals surface area contributed by atoms with E-state index in [9.17, 15) is 0 Å². The van der Waals surface area contributed by atoms with Gasteiger partial charge in [-0.25, -0.2) is 0 Å². The molecule has 4 heteroatoms. The van der Waals surface area contributed by atoms with E-state index in [4.69, 9.17) is 0 Å². The van der Waals surface area contributed by atoms with Crippen LogP contribution in [0.3, 0.4) is 0 Å². The van der Waals surface area contributed by atoms with E-state index in [1.807, 2.05) is 0 Å². The van der Waals surface area contributed by atoms with E-state index in [1.165, 1.54) is 0 Å². The molecule has 0 saturated carbocycles. The Labute approximate surface area is 69.2 Å². The van der Waals surface area contributed by atoms with Gasteiger partial charge in [0.05, 0.1) is 0 Å². The molecule has 0 amide bonds. The smallest absolute Gasteiger partial charge is 0 e. The van der Waals surface area contributed by atoms with Crippen LogP contribution in [-0.4, -0.2) is 0 Å². The second-order valence-corrected chi connectivity index (χ2v) is 0. The van der Waals surface area contributed by atoms with Crippen LogP contribution in [0.15, 0.2) is 0 Å². The van der Waals surface area contributed by atoms with Crippen LogP contribution in [-0.2, 0) is 32.7 Å². The van der Waals surface area contributed by atoms with Crippen LogP contribution >= 0.6 is 37.2 Å². The molecular weight excluding hydrogens is 196 g/mol. The van der Waals surface area contributed by atoms with Gasteiger partial charge < -0.3 is 0 Å². The van der Waals surface area contributed by atoms with Gasteiger partial charge in [-0.05, 0) is 0 Å². The summed E-state index contributed by atoms with van der Waals surface area (Å²) in [5.74, 6) is 0. The zero-order valence-electron chi connectivity index (χ0n) is 1.80. The Kier molecular flexibility index (Phi) is 191. The Balaban J connectivity index is 0. The molecule has 0 bridgehead atoms. The van der Waals surface area contributed by atoms with Crippen LogP contribution in [0.2, 0.25) is 0 Å². The van der Waals surface area contributed by atoms with Gasteiger partial charge in [-0.3, -0.25) is 0 Å². The van der Waals surface area contributed by atoms with Gasteiger partial charge in [-0.1, -0.05) is 0 Å². The topological polar surface area (TPSA) is 0 Å². The van der Waals surface area contributed by atoms with Gasteiger partial charge in [0.2, 0.25) is 0 Å². The number of hydrogen-bond donors (Lipinski definition) is 0. The molecule has 0 N–H and O–H groups in total. The summed E-state index contributed by atoms with van der Waals surface area (Å²) in [5, 5.41) is 0. The molecule has 0 rings (SSSR count). The number of rotatable bonds is 0. The maximum atomic E-state index is 0. The Morgan fingerprint density at radius 3 is 0.500 bits per heavy atom. The average Bonchev–Trinajstić information content (AvgIpc) is 0. The normalized spacial score (nSPS) is 0. The summed E-state index contributed by atoms with van der Waals surface area (Å²) in [4.78, 5) is 0. The first-order chi connectivity index (χ1) is 0. The first-order valence-electron chi connectivity index (χ1n) is 0. The van der Waals surface area contributed by atoms with Crippen LogP contribution in [0.25, 0.3) is 0 Å². The van der Waals surface area contributed by atoms with E-state index >= 15 is 0 Å². The van der Waals surface area contributed by atoms with E-state index in [0.717, 1.165) is 0 Å². The zero-order chi connectivity index (χ0) is 0. The molecule has 0 aliphatic carbocycles. The van der Waals surface area contributed by atoms with E-state index in [2.05, 4.69) is 0 Å². The molecule has 0 aromatic heterocycles. The van der Waals surface area contributed by atoms with Crippen LogP contribution in [0, 0.1) is 0 Å². The van der Waals surface area contributed by atoms with Gasteiger partial charge in [0.25, 0.3) is 0 Å². The van der Waals surface area contributed by atoms with Gasteiger partial charge in [0.1, 0.15) is 0 Å². The SMILES string of the molecule is Cl.Cl.Cl.[90Y]. The molecular formula is H3Cl3Y. The van der Waals surface area contributed by atoms with Gasteiger partial charge in [0.15, 0.2) is 0 Å². The molecule has 0 aliphatic rings. The van der Waals surface area contributed by atoms with Crippen molar-refractivity contribution in [3.63, 3.8) is 0 Å². The molecule has 4 heavy (non-hydrogen) atoms. The van der Waals surface area contributed by atoms with Gasteiger partial charge in [-0.15, -0.1) is 37.2 Å². The molecule has 0 saturated heterocycles. The van der Waals surface area contributed by atoms with Crippen LogP contribution in [0.4, 0.5) is 0 Å². The van der Waals surface area contributed by atoms with E-state index in [1.54, 1.807) is 0 Å². The third kappa shape index (κ3) is 9.02. The van der Waals surface area contributed by atoms with E-state index in [0.29, 0.717) is 0 Å². The van der Waals surface area contributed by atoms with Gasteiger partial charge in [-0.2, -0.15) is 0 Å². The van der Waals surface area contributed by atoms with Crippen molar-refractivity contribution < 1.29 is 32.7 Å². The van der Waals surface area contributed by atoms with Crippen LogP contribution < -0.4 is 0 Å². The second kappa shape index (κ2) is 20.2. The molecule has 0 spiro atoms. The van der Waals surface area contributed by atoms with Crippen molar-refractivity contribution in [3.8, 4) is 0 Å². The average molecular weight is 199 g/mol. The molecule has 27 valence electrons. The van der Waals surface area contributed by atoms with Gasteiger partial charge in [0, 0.05) is 32.7 Å². The standard InChI is InChI=1S/3ClH.Y/h3*1H;/i;;;1+1.